The molecule has 2 heterocycles. The van der Waals surface area contributed by atoms with Gasteiger partial charge in [-0.15, -0.1) is 0 Å². The van der Waals surface area contributed by atoms with Gasteiger partial charge in [-0.1, -0.05) is 32.9 Å². The Morgan fingerprint density at radius 1 is 1.12 bits per heavy atom. The average Bonchev–Trinajstić information content (AvgIpc) is 3.39. The molecule has 0 bridgehead atoms. The van der Waals surface area contributed by atoms with Crippen molar-refractivity contribution in [3.8, 4) is 5.75 Å². The maximum Gasteiger partial charge on any atom is 0.255 e. The van der Waals surface area contributed by atoms with Crippen molar-refractivity contribution in [2.75, 3.05) is 26.2 Å². The van der Waals surface area contributed by atoms with Crippen LogP contribution in [0.2, 0.25) is 0 Å². The number of benzene rings is 1. The summed E-state index contributed by atoms with van der Waals surface area (Å²) < 4.78 is 5.90. The molecule has 5 amide bonds. The lowest BCUT2D eigenvalue weighted by Gasteiger charge is -2.30. The van der Waals surface area contributed by atoms with Crippen LogP contribution < -0.4 is 31.3 Å². The topological polar surface area (TPSA) is 158 Å². The Morgan fingerprint density at radius 3 is 2.52 bits per heavy atom. The van der Waals surface area contributed by atoms with Crippen molar-refractivity contribution in [3.05, 3.63) is 29.8 Å². The second kappa shape index (κ2) is 14.5. The van der Waals surface area contributed by atoms with Crippen LogP contribution in [0.25, 0.3) is 0 Å². The fraction of sp³-hybridized carbons (Fsp3) is 0.633. The Hall–Kier alpha value is -3.67. The fourth-order valence-electron chi connectivity index (χ4n) is 5.20. The summed E-state index contributed by atoms with van der Waals surface area (Å²) in [6.45, 7) is 12.8. The number of amides is 5. The molecular formula is C30H46N6O6. The van der Waals surface area contributed by atoms with Crippen LogP contribution in [0.4, 0.5) is 0 Å². The van der Waals surface area contributed by atoms with Crippen molar-refractivity contribution in [2.24, 2.45) is 5.92 Å². The van der Waals surface area contributed by atoms with Gasteiger partial charge in [0, 0.05) is 12.6 Å². The lowest BCUT2D eigenvalue weighted by Crippen LogP contribution is -2.61. The van der Waals surface area contributed by atoms with Crippen molar-refractivity contribution in [3.63, 3.8) is 0 Å². The van der Waals surface area contributed by atoms with Gasteiger partial charge in [0.15, 0.2) is 0 Å². The normalized spacial score (nSPS) is 26.2. The van der Waals surface area contributed by atoms with Crippen LogP contribution in [0.15, 0.2) is 24.3 Å². The van der Waals surface area contributed by atoms with E-state index in [0.29, 0.717) is 6.54 Å². The van der Waals surface area contributed by atoms with Crippen LogP contribution in [-0.2, 0) is 19.2 Å². The maximum atomic E-state index is 13.4. The van der Waals surface area contributed by atoms with Gasteiger partial charge in [-0.05, 0) is 64.8 Å². The molecule has 1 aromatic rings. The molecule has 12 heteroatoms. The zero-order valence-corrected chi connectivity index (χ0v) is 25.5. The van der Waals surface area contributed by atoms with Gasteiger partial charge in [-0.2, -0.15) is 0 Å². The van der Waals surface area contributed by atoms with Gasteiger partial charge in [0.05, 0.1) is 18.0 Å². The highest BCUT2D eigenvalue weighted by Gasteiger charge is 2.36. The van der Waals surface area contributed by atoms with Crippen molar-refractivity contribution < 1.29 is 28.7 Å². The van der Waals surface area contributed by atoms with Gasteiger partial charge >= 0.3 is 0 Å². The maximum absolute atomic E-state index is 13.4. The number of nitrogens with zero attached hydrogens (tertiary/aromatic N) is 1. The molecule has 12 nitrogen and oxygen atoms in total. The molecule has 0 spiro atoms. The van der Waals surface area contributed by atoms with Crippen LogP contribution >= 0.6 is 0 Å². The number of fused-ring (bicyclic) bond motifs is 1. The van der Waals surface area contributed by atoms with Gasteiger partial charge < -0.3 is 31.3 Å². The monoisotopic (exact) mass is 586 g/mol. The van der Waals surface area contributed by atoms with E-state index in [1.165, 1.54) is 13.8 Å². The minimum absolute atomic E-state index is 0.0551. The summed E-state index contributed by atoms with van der Waals surface area (Å²) >= 11 is 0. The van der Waals surface area contributed by atoms with Gasteiger partial charge in [0.1, 0.15) is 30.0 Å². The third-order valence-corrected chi connectivity index (χ3v) is 7.69. The first kappa shape index (κ1) is 32.8. The summed E-state index contributed by atoms with van der Waals surface area (Å²) in [4.78, 5) is 68.6. The molecule has 0 aromatic heterocycles. The Labute approximate surface area is 248 Å². The molecule has 1 saturated heterocycles. The molecule has 3 rings (SSSR count). The first-order valence-electron chi connectivity index (χ1n) is 14.8. The number of carbonyl (C=O) groups is 5. The number of para-hydroxylation sites is 1. The van der Waals surface area contributed by atoms with E-state index in [1.54, 1.807) is 31.2 Å². The highest BCUT2D eigenvalue weighted by atomic mass is 16.5. The zero-order chi connectivity index (χ0) is 31.0. The molecule has 0 saturated carbocycles. The van der Waals surface area contributed by atoms with Gasteiger partial charge in [-0.3, -0.25) is 28.9 Å². The number of carbonyl (C=O) groups excluding carboxylic acids is 5. The smallest absolute Gasteiger partial charge is 0.255 e. The van der Waals surface area contributed by atoms with E-state index < -0.39 is 59.6 Å². The third-order valence-electron chi connectivity index (χ3n) is 7.69. The molecular weight excluding hydrogens is 540 g/mol. The molecule has 1 aromatic carbocycles. The van der Waals surface area contributed by atoms with E-state index in [1.807, 2.05) is 13.8 Å². The lowest BCUT2D eigenvalue weighted by molar-refractivity contribution is -0.136. The van der Waals surface area contributed by atoms with E-state index in [9.17, 15) is 24.0 Å². The fourth-order valence-corrected chi connectivity index (χ4v) is 5.20. The molecule has 0 aliphatic carbocycles. The van der Waals surface area contributed by atoms with Crippen molar-refractivity contribution in [2.45, 2.75) is 90.5 Å². The number of rotatable bonds is 5. The summed E-state index contributed by atoms with van der Waals surface area (Å²) in [5, 5.41) is 13.9. The second-order valence-electron chi connectivity index (χ2n) is 12.0. The van der Waals surface area contributed by atoms with E-state index in [0.717, 1.165) is 25.9 Å². The standard InChI is InChI=1S/C30H46N6O6/c1-7-36-14-10-11-20(36)16-31-27(39)22-15-24(37)35-30(5,6)29(41)34-25(18(2)3)28(40)32-19(4)17-42-23-13-9-8-12-21(23)26(38)33-22/h8-9,12-13,18-20,22,25H,7,10-11,14-17H2,1-6H3,(H,31,39)(H,32,40)(H,33,38)(H,34,41)(H,35,37)/t19-,20-,22-,25+/m0/s1. The SMILES string of the molecule is CCN1CCC[C@H]1CNC(=O)[C@@H]1CC(=O)NC(C)(C)C(=O)N[C@H](C(C)C)C(=O)N[C@@H](C)COc2ccccc2C(=O)N1. The molecule has 2 aliphatic rings. The average molecular weight is 587 g/mol. The minimum Gasteiger partial charge on any atom is -0.491 e. The molecule has 232 valence electrons. The molecule has 4 atom stereocenters. The number of hydrogen-bond acceptors (Lipinski definition) is 7. The highest BCUT2D eigenvalue weighted by molar-refractivity contribution is 6.01. The first-order chi connectivity index (χ1) is 19.8. The Bertz CT molecular complexity index is 1150. The predicted molar refractivity (Wildman–Crippen MR) is 158 cm³/mol. The lowest BCUT2D eigenvalue weighted by atomic mass is 9.98. The van der Waals surface area contributed by atoms with Crippen molar-refractivity contribution >= 4 is 29.5 Å². The Morgan fingerprint density at radius 2 is 1.83 bits per heavy atom. The molecule has 5 N–H and O–H groups in total. The van der Waals surface area contributed by atoms with Gasteiger partial charge in [0.2, 0.25) is 23.6 Å². The number of likely N-dealkylation sites (N-methyl/N-ethyl adjacent to an activating group) is 1. The molecule has 1 fully saturated rings. The summed E-state index contributed by atoms with van der Waals surface area (Å²) in [7, 11) is 0. The van der Waals surface area contributed by atoms with E-state index in [2.05, 4.69) is 38.4 Å². The van der Waals surface area contributed by atoms with Crippen LogP contribution in [0.3, 0.4) is 0 Å². The highest BCUT2D eigenvalue weighted by Crippen LogP contribution is 2.19. The van der Waals surface area contributed by atoms with Crippen LogP contribution in [0.1, 0.15) is 71.2 Å². The molecule has 2 aliphatic heterocycles. The molecule has 42 heavy (non-hydrogen) atoms. The van der Waals surface area contributed by atoms with Crippen LogP contribution in [-0.4, -0.2) is 90.4 Å². The number of hydrogen-bond donors (Lipinski definition) is 5. The Kier molecular flexibility index (Phi) is 11.3. The summed E-state index contributed by atoms with van der Waals surface area (Å²) in [6.07, 6.45) is 1.60. The number of likely N-dealkylation sites (tertiary alicyclic amines) is 1. The number of ether oxygens (including phenoxy) is 1. The first-order valence-corrected chi connectivity index (χ1v) is 14.8. The minimum atomic E-state index is -1.41. The Balaban J connectivity index is 1.90. The summed E-state index contributed by atoms with van der Waals surface area (Å²) in [5.41, 5.74) is -1.22. The van der Waals surface area contributed by atoms with Gasteiger partial charge in [0.25, 0.3) is 5.91 Å². The predicted octanol–water partition coefficient (Wildman–Crippen LogP) is 0.708. The van der Waals surface area contributed by atoms with Crippen LogP contribution in [0.5, 0.6) is 5.75 Å². The summed E-state index contributed by atoms with van der Waals surface area (Å²) in [6, 6.07) is 4.23. The zero-order valence-electron chi connectivity index (χ0n) is 25.5. The number of nitrogens with one attached hydrogen (secondary N) is 5. The molecule has 0 radical (unpaired) electrons. The van der Waals surface area contributed by atoms with Crippen molar-refractivity contribution in [1.29, 1.82) is 0 Å². The van der Waals surface area contributed by atoms with Gasteiger partial charge in [-0.25, -0.2) is 0 Å². The molecule has 0 unspecified atom stereocenters. The summed E-state index contributed by atoms with van der Waals surface area (Å²) in [5.74, 6) is -2.63. The largest absolute Gasteiger partial charge is 0.491 e. The quantitative estimate of drug-likeness (QED) is 0.340. The third kappa shape index (κ3) is 8.67. The van der Waals surface area contributed by atoms with E-state index in [4.69, 9.17) is 4.74 Å². The van der Waals surface area contributed by atoms with Crippen LogP contribution in [0, 0.1) is 5.92 Å². The second-order valence-corrected chi connectivity index (χ2v) is 12.0. The van der Waals surface area contributed by atoms with E-state index in [-0.39, 0.29) is 29.9 Å². The van der Waals surface area contributed by atoms with E-state index >= 15 is 0 Å². The van der Waals surface area contributed by atoms with Crippen molar-refractivity contribution in [1.82, 2.24) is 31.5 Å².